The molecule has 0 aliphatic carbocycles. The Kier molecular flexibility index (Phi) is 7.61. The number of phenols is 1. The summed E-state index contributed by atoms with van der Waals surface area (Å²) in [6.45, 7) is 2.26. The number of hydrogen-bond donors (Lipinski definition) is 2. The molecule has 0 radical (unpaired) electrons. The zero-order valence-corrected chi connectivity index (χ0v) is 16.5. The summed E-state index contributed by atoms with van der Waals surface area (Å²) in [4.78, 5) is 12.8. The first-order chi connectivity index (χ1) is 12.0. The summed E-state index contributed by atoms with van der Waals surface area (Å²) in [7, 11) is 0. The third kappa shape index (κ3) is 6.26. The van der Waals surface area contributed by atoms with E-state index in [1.165, 1.54) is 18.0 Å². The quantitative estimate of drug-likeness (QED) is 0.377. The number of rotatable bonds is 7. The maximum atomic E-state index is 11.8. The van der Waals surface area contributed by atoms with Crippen molar-refractivity contribution in [3.63, 3.8) is 0 Å². The van der Waals surface area contributed by atoms with Crippen molar-refractivity contribution in [1.29, 1.82) is 0 Å². The van der Waals surface area contributed by atoms with Crippen LogP contribution in [0.1, 0.15) is 12.5 Å². The maximum Gasteiger partial charge on any atom is 0.250 e. The second-order valence-electron chi connectivity index (χ2n) is 4.82. The van der Waals surface area contributed by atoms with E-state index < -0.39 is 0 Å². The maximum absolute atomic E-state index is 11.8. The molecule has 0 unspecified atom stereocenters. The minimum atomic E-state index is -0.223. The van der Waals surface area contributed by atoms with Crippen molar-refractivity contribution in [2.45, 2.75) is 11.8 Å². The number of benzene rings is 2. The van der Waals surface area contributed by atoms with E-state index in [9.17, 15) is 9.90 Å². The molecule has 0 bridgehead atoms. The molecule has 0 saturated heterocycles. The fourth-order valence-corrected chi connectivity index (χ4v) is 3.10. The Balaban J connectivity index is 1.89. The SMILES string of the molecule is CCOc1cc(/C=N/NC(=O)CSc2ccc(Cl)cc2)cc(Br)c1O. The summed E-state index contributed by atoms with van der Waals surface area (Å²) in [6.07, 6.45) is 1.48. The summed E-state index contributed by atoms with van der Waals surface area (Å²) in [6, 6.07) is 10.6. The van der Waals surface area contributed by atoms with Crippen LogP contribution < -0.4 is 10.2 Å². The van der Waals surface area contributed by atoms with Crippen LogP contribution in [0.4, 0.5) is 0 Å². The van der Waals surface area contributed by atoms with Crippen molar-refractivity contribution < 1.29 is 14.6 Å². The highest BCUT2D eigenvalue weighted by molar-refractivity contribution is 9.10. The zero-order valence-electron chi connectivity index (χ0n) is 13.3. The van der Waals surface area contributed by atoms with Gasteiger partial charge in [0.05, 0.1) is 23.0 Å². The smallest absolute Gasteiger partial charge is 0.250 e. The number of nitrogens with zero attached hydrogens (tertiary/aromatic N) is 1. The van der Waals surface area contributed by atoms with Crippen LogP contribution in [0.5, 0.6) is 11.5 Å². The molecule has 5 nitrogen and oxygen atoms in total. The number of ether oxygens (including phenoxy) is 1. The van der Waals surface area contributed by atoms with Gasteiger partial charge in [0.15, 0.2) is 11.5 Å². The Morgan fingerprint density at radius 1 is 1.40 bits per heavy atom. The Morgan fingerprint density at radius 2 is 2.12 bits per heavy atom. The molecule has 25 heavy (non-hydrogen) atoms. The second kappa shape index (κ2) is 9.70. The fourth-order valence-electron chi connectivity index (χ4n) is 1.82. The van der Waals surface area contributed by atoms with Crippen LogP contribution in [0.15, 0.2) is 50.9 Å². The minimum absolute atomic E-state index is 0.0300. The topological polar surface area (TPSA) is 70.9 Å². The van der Waals surface area contributed by atoms with Crippen LogP contribution in [-0.4, -0.2) is 29.6 Å². The number of nitrogens with one attached hydrogen (secondary N) is 1. The van der Waals surface area contributed by atoms with E-state index in [0.717, 1.165) is 4.90 Å². The van der Waals surface area contributed by atoms with E-state index in [-0.39, 0.29) is 17.4 Å². The zero-order chi connectivity index (χ0) is 18.2. The van der Waals surface area contributed by atoms with Crippen LogP contribution in [0.25, 0.3) is 0 Å². The van der Waals surface area contributed by atoms with Crippen LogP contribution in [0.2, 0.25) is 5.02 Å². The van der Waals surface area contributed by atoms with Crippen molar-refractivity contribution in [3.05, 3.63) is 51.5 Å². The second-order valence-corrected chi connectivity index (χ2v) is 7.16. The average molecular weight is 444 g/mol. The molecular weight excluding hydrogens is 428 g/mol. The van der Waals surface area contributed by atoms with Crippen molar-refractivity contribution >= 4 is 51.4 Å². The molecule has 1 amide bonds. The number of aromatic hydroxyl groups is 1. The van der Waals surface area contributed by atoms with Gasteiger partial charge in [0.2, 0.25) is 5.91 Å². The lowest BCUT2D eigenvalue weighted by Crippen LogP contribution is -2.19. The molecule has 2 aromatic rings. The van der Waals surface area contributed by atoms with Crippen molar-refractivity contribution in [2.24, 2.45) is 5.10 Å². The normalized spacial score (nSPS) is 10.8. The van der Waals surface area contributed by atoms with Crippen LogP contribution in [0.3, 0.4) is 0 Å². The van der Waals surface area contributed by atoms with Crippen LogP contribution in [0, 0.1) is 0 Å². The van der Waals surface area contributed by atoms with Gasteiger partial charge in [-0.25, -0.2) is 5.43 Å². The van der Waals surface area contributed by atoms with Gasteiger partial charge in [-0.2, -0.15) is 5.10 Å². The minimum Gasteiger partial charge on any atom is -0.503 e. The Morgan fingerprint density at radius 3 is 2.80 bits per heavy atom. The summed E-state index contributed by atoms with van der Waals surface area (Å²) in [5.74, 6) is 0.395. The molecule has 0 saturated carbocycles. The molecule has 2 aromatic carbocycles. The highest BCUT2D eigenvalue weighted by atomic mass is 79.9. The summed E-state index contributed by atoms with van der Waals surface area (Å²) in [5.41, 5.74) is 3.14. The summed E-state index contributed by atoms with van der Waals surface area (Å²) < 4.78 is 5.83. The molecule has 0 heterocycles. The largest absolute Gasteiger partial charge is 0.503 e. The number of carbonyl (C=O) groups is 1. The van der Waals surface area contributed by atoms with Gasteiger partial charge in [-0.3, -0.25) is 4.79 Å². The molecular formula is C17H16BrClN2O3S. The Labute approximate surface area is 163 Å². The van der Waals surface area contributed by atoms with Gasteiger partial charge in [-0.15, -0.1) is 11.8 Å². The van der Waals surface area contributed by atoms with Gasteiger partial charge < -0.3 is 9.84 Å². The molecule has 0 fully saturated rings. The van der Waals surface area contributed by atoms with Crippen molar-refractivity contribution in [2.75, 3.05) is 12.4 Å². The van der Waals surface area contributed by atoms with Gasteiger partial charge in [-0.1, -0.05) is 11.6 Å². The monoisotopic (exact) mass is 442 g/mol. The van der Waals surface area contributed by atoms with Gasteiger partial charge in [-0.05, 0) is 64.8 Å². The molecule has 0 aliphatic rings. The van der Waals surface area contributed by atoms with E-state index in [1.807, 2.05) is 19.1 Å². The van der Waals surface area contributed by atoms with Crippen molar-refractivity contribution in [1.82, 2.24) is 5.43 Å². The molecule has 0 aromatic heterocycles. The fraction of sp³-hybridized carbons (Fsp3) is 0.176. The first-order valence-corrected chi connectivity index (χ1v) is 9.51. The predicted molar refractivity (Wildman–Crippen MR) is 105 cm³/mol. The average Bonchev–Trinajstić information content (AvgIpc) is 2.59. The van der Waals surface area contributed by atoms with Gasteiger partial charge in [0.25, 0.3) is 0 Å². The summed E-state index contributed by atoms with van der Waals surface area (Å²) in [5, 5.41) is 14.4. The molecule has 0 spiro atoms. The van der Waals surface area contributed by atoms with Gasteiger partial charge in [0, 0.05) is 9.92 Å². The molecule has 2 rings (SSSR count). The number of phenolic OH excluding ortho intramolecular Hbond substituents is 1. The Bertz CT molecular complexity index is 769. The van der Waals surface area contributed by atoms with E-state index in [2.05, 4.69) is 26.5 Å². The van der Waals surface area contributed by atoms with Crippen LogP contribution >= 0.6 is 39.3 Å². The molecule has 0 aliphatic heterocycles. The third-order valence-electron chi connectivity index (χ3n) is 2.94. The third-order valence-corrected chi connectivity index (χ3v) is 4.81. The number of halogens is 2. The molecule has 132 valence electrons. The number of hydrogen-bond acceptors (Lipinski definition) is 5. The number of hydrazone groups is 1. The van der Waals surface area contributed by atoms with E-state index in [1.54, 1.807) is 24.3 Å². The standard InChI is InChI=1S/C17H16BrClN2O3S/c1-2-24-15-8-11(7-14(18)17(15)23)9-20-21-16(22)10-25-13-5-3-12(19)4-6-13/h3-9,23H,2,10H2,1H3,(H,21,22)/b20-9+. The van der Waals surface area contributed by atoms with Gasteiger partial charge >= 0.3 is 0 Å². The number of carbonyl (C=O) groups excluding carboxylic acids is 1. The van der Waals surface area contributed by atoms with Gasteiger partial charge in [0.1, 0.15) is 0 Å². The van der Waals surface area contributed by atoms with Crippen molar-refractivity contribution in [3.8, 4) is 11.5 Å². The lowest BCUT2D eigenvalue weighted by molar-refractivity contribution is -0.118. The highest BCUT2D eigenvalue weighted by Crippen LogP contribution is 2.35. The Hall–Kier alpha value is -1.70. The molecule has 8 heteroatoms. The predicted octanol–water partition coefficient (Wildman–Crippen LogP) is 4.45. The van der Waals surface area contributed by atoms with E-state index in [4.69, 9.17) is 16.3 Å². The van der Waals surface area contributed by atoms with Crippen LogP contribution in [-0.2, 0) is 4.79 Å². The lowest BCUT2D eigenvalue weighted by atomic mass is 10.2. The highest BCUT2D eigenvalue weighted by Gasteiger charge is 2.08. The summed E-state index contributed by atoms with van der Waals surface area (Å²) >= 11 is 10.5. The number of thioether (sulfide) groups is 1. The number of amides is 1. The molecule has 0 atom stereocenters. The first kappa shape index (κ1) is 19.6. The van der Waals surface area contributed by atoms with E-state index >= 15 is 0 Å². The lowest BCUT2D eigenvalue weighted by Gasteiger charge is -2.08. The van der Waals surface area contributed by atoms with E-state index in [0.29, 0.717) is 27.4 Å². The first-order valence-electron chi connectivity index (χ1n) is 7.35. The molecule has 2 N–H and O–H groups in total.